The zero-order chi connectivity index (χ0) is 17.8. The van der Waals surface area contributed by atoms with Gasteiger partial charge in [0.2, 0.25) is 0 Å². The normalized spacial score (nSPS) is 22.3. The second-order valence-electron chi connectivity index (χ2n) is 7.80. The molecule has 0 aromatic carbocycles. The summed E-state index contributed by atoms with van der Waals surface area (Å²) in [7, 11) is 0. The van der Waals surface area contributed by atoms with Gasteiger partial charge < -0.3 is 14.8 Å². The first-order valence-electron chi connectivity index (χ1n) is 8.06. The van der Waals surface area contributed by atoms with Crippen LogP contribution in [0.4, 0.5) is 9.59 Å². The third-order valence-electron chi connectivity index (χ3n) is 3.08. The third-order valence-corrected chi connectivity index (χ3v) is 3.08. The highest BCUT2D eigenvalue weighted by molar-refractivity contribution is 5.72. The second-order valence-corrected chi connectivity index (χ2v) is 7.80. The molecule has 0 fully saturated rings. The zero-order valence-corrected chi connectivity index (χ0v) is 15.3. The number of hydrogen-bond acceptors (Lipinski definition) is 4. The minimum absolute atomic E-state index is 0.174. The summed E-state index contributed by atoms with van der Waals surface area (Å²) in [5.74, 6) is 0. The van der Waals surface area contributed by atoms with Crippen LogP contribution in [0.3, 0.4) is 0 Å². The lowest BCUT2D eigenvalue weighted by atomic mass is 10.2. The van der Waals surface area contributed by atoms with Gasteiger partial charge in [-0.3, -0.25) is 4.90 Å². The Morgan fingerprint density at radius 3 is 2.17 bits per heavy atom. The van der Waals surface area contributed by atoms with E-state index in [-0.39, 0.29) is 6.04 Å². The SMILES string of the molecule is CC1C=CCCC(NC(=O)OC(C)(C)C)N1C(=O)OC(C)(C)C. The van der Waals surface area contributed by atoms with Crippen molar-refractivity contribution in [2.45, 2.75) is 84.7 Å². The van der Waals surface area contributed by atoms with Gasteiger partial charge in [0.15, 0.2) is 0 Å². The fourth-order valence-corrected chi connectivity index (χ4v) is 2.26. The van der Waals surface area contributed by atoms with Crippen molar-refractivity contribution in [2.24, 2.45) is 0 Å². The Kier molecular flexibility index (Phi) is 6.08. The Balaban J connectivity index is 2.88. The molecule has 1 aliphatic heterocycles. The molecule has 1 rings (SSSR count). The molecule has 6 heteroatoms. The summed E-state index contributed by atoms with van der Waals surface area (Å²) in [6.07, 6.45) is 3.88. The monoisotopic (exact) mass is 326 g/mol. The second kappa shape index (κ2) is 7.23. The van der Waals surface area contributed by atoms with Crippen molar-refractivity contribution in [3.05, 3.63) is 12.2 Å². The van der Waals surface area contributed by atoms with Gasteiger partial charge in [0, 0.05) is 0 Å². The number of allylic oxidation sites excluding steroid dienone is 1. The molecule has 1 heterocycles. The van der Waals surface area contributed by atoms with Gasteiger partial charge in [0.05, 0.1) is 6.04 Å². The molecule has 0 aromatic rings. The molecule has 1 aliphatic rings. The summed E-state index contributed by atoms with van der Waals surface area (Å²) in [5, 5.41) is 2.79. The Hall–Kier alpha value is -1.72. The van der Waals surface area contributed by atoms with Crippen LogP contribution in [0, 0.1) is 0 Å². The van der Waals surface area contributed by atoms with Gasteiger partial charge in [-0.2, -0.15) is 0 Å². The van der Waals surface area contributed by atoms with Crippen molar-refractivity contribution in [1.29, 1.82) is 0 Å². The van der Waals surface area contributed by atoms with E-state index in [1.165, 1.54) is 0 Å². The molecule has 0 bridgehead atoms. The maximum Gasteiger partial charge on any atom is 0.412 e. The molecular weight excluding hydrogens is 296 g/mol. The van der Waals surface area contributed by atoms with Crippen LogP contribution in [-0.4, -0.2) is 40.5 Å². The highest BCUT2D eigenvalue weighted by atomic mass is 16.6. The smallest absolute Gasteiger partial charge is 0.412 e. The number of rotatable bonds is 1. The minimum Gasteiger partial charge on any atom is -0.444 e. The Morgan fingerprint density at radius 2 is 1.65 bits per heavy atom. The number of nitrogens with zero attached hydrogens (tertiary/aromatic N) is 1. The van der Waals surface area contributed by atoms with E-state index in [0.717, 1.165) is 6.42 Å². The summed E-state index contributed by atoms with van der Waals surface area (Å²) in [5.41, 5.74) is -1.18. The zero-order valence-electron chi connectivity index (χ0n) is 15.3. The number of carbonyl (C=O) groups is 2. The van der Waals surface area contributed by atoms with E-state index < -0.39 is 29.6 Å². The molecule has 0 spiro atoms. The average Bonchev–Trinajstić information content (AvgIpc) is 2.46. The molecule has 0 aliphatic carbocycles. The number of amides is 2. The summed E-state index contributed by atoms with van der Waals surface area (Å²) >= 11 is 0. The maximum atomic E-state index is 12.5. The van der Waals surface area contributed by atoms with Gasteiger partial charge in [-0.25, -0.2) is 9.59 Å². The molecule has 2 amide bonds. The van der Waals surface area contributed by atoms with Gasteiger partial charge in [-0.1, -0.05) is 12.2 Å². The first kappa shape index (κ1) is 19.3. The molecule has 2 unspecified atom stereocenters. The van der Waals surface area contributed by atoms with Gasteiger partial charge in [-0.15, -0.1) is 0 Å². The van der Waals surface area contributed by atoms with Gasteiger partial charge in [0.25, 0.3) is 0 Å². The minimum atomic E-state index is -0.594. The van der Waals surface area contributed by atoms with Crippen molar-refractivity contribution >= 4 is 12.2 Å². The largest absolute Gasteiger partial charge is 0.444 e. The van der Waals surface area contributed by atoms with Crippen LogP contribution < -0.4 is 5.32 Å². The van der Waals surface area contributed by atoms with Crippen molar-refractivity contribution in [3.63, 3.8) is 0 Å². The molecule has 0 aromatic heterocycles. The lowest BCUT2D eigenvalue weighted by Crippen LogP contribution is -2.55. The van der Waals surface area contributed by atoms with E-state index in [9.17, 15) is 9.59 Å². The highest BCUT2D eigenvalue weighted by Gasteiger charge is 2.33. The van der Waals surface area contributed by atoms with Crippen LogP contribution in [0.25, 0.3) is 0 Å². The lowest BCUT2D eigenvalue weighted by Gasteiger charge is -2.36. The first-order valence-corrected chi connectivity index (χ1v) is 8.06. The Labute approximate surface area is 139 Å². The van der Waals surface area contributed by atoms with Crippen LogP contribution in [-0.2, 0) is 9.47 Å². The summed E-state index contributed by atoms with van der Waals surface area (Å²) in [4.78, 5) is 26.2. The van der Waals surface area contributed by atoms with Gasteiger partial charge in [0.1, 0.15) is 17.4 Å². The summed E-state index contributed by atoms with van der Waals surface area (Å²) in [6, 6.07) is -0.174. The standard InChI is InChI=1S/C17H30N2O4/c1-12-10-8-9-11-13(18-14(20)22-16(2,3)4)19(12)15(21)23-17(5,6)7/h8,10,12-13H,9,11H2,1-7H3,(H,18,20). The fraction of sp³-hybridized carbons (Fsp3) is 0.765. The van der Waals surface area contributed by atoms with E-state index in [0.29, 0.717) is 6.42 Å². The molecule has 0 saturated heterocycles. The van der Waals surface area contributed by atoms with E-state index in [2.05, 4.69) is 5.32 Å². The van der Waals surface area contributed by atoms with Crippen molar-refractivity contribution in [2.75, 3.05) is 0 Å². The number of hydrogen-bond donors (Lipinski definition) is 1. The predicted molar refractivity (Wildman–Crippen MR) is 89.1 cm³/mol. The first-order chi connectivity index (χ1) is 10.4. The third kappa shape index (κ3) is 6.93. The topological polar surface area (TPSA) is 67.9 Å². The van der Waals surface area contributed by atoms with Crippen LogP contribution in [0.15, 0.2) is 12.2 Å². The number of ether oxygens (including phenoxy) is 2. The summed E-state index contributed by atoms with van der Waals surface area (Å²) in [6.45, 7) is 12.8. The van der Waals surface area contributed by atoms with Crippen LogP contribution in [0.1, 0.15) is 61.3 Å². The van der Waals surface area contributed by atoms with Crippen molar-refractivity contribution in [3.8, 4) is 0 Å². The van der Waals surface area contributed by atoms with E-state index in [1.807, 2.05) is 39.8 Å². The van der Waals surface area contributed by atoms with E-state index >= 15 is 0 Å². The molecule has 132 valence electrons. The Bertz CT molecular complexity index is 460. The maximum absolute atomic E-state index is 12.5. The molecule has 0 radical (unpaired) electrons. The molecule has 6 nitrogen and oxygen atoms in total. The van der Waals surface area contributed by atoms with Crippen LogP contribution in [0.2, 0.25) is 0 Å². The van der Waals surface area contributed by atoms with E-state index in [1.54, 1.807) is 25.7 Å². The van der Waals surface area contributed by atoms with Crippen LogP contribution in [0.5, 0.6) is 0 Å². The van der Waals surface area contributed by atoms with E-state index in [4.69, 9.17) is 9.47 Å². The van der Waals surface area contributed by atoms with Crippen molar-refractivity contribution < 1.29 is 19.1 Å². The van der Waals surface area contributed by atoms with Gasteiger partial charge >= 0.3 is 12.2 Å². The van der Waals surface area contributed by atoms with Gasteiger partial charge in [-0.05, 0) is 61.3 Å². The van der Waals surface area contributed by atoms with Crippen LogP contribution >= 0.6 is 0 Å². The van der Waals surface area contributed by atoms with Crippen molar-refractivity contribution in [1.82, 2.24) is 10.2 Å². The molecule has 23 heavy (non-hydrogen) atoms. The Morgan fingerprint density at radius 1 is 1.09 bits per heavy atom. The predicted octanol–water partition coefficient (Wildman–Crippen LogP) is 3.81. The molecule has 0 saturated carbocycles. The number of nitrogens with one attached hydrogen (secondary N) is 1. The summed E-state index contributed by atoms with van der Waals surface area (Å²) < 4.78 is 10.8. The molecule has 2 atom stereocenters. The number of carbonyl (C=O) groups excluding carboxylic acids is 2. The lowest BCUT2D eigenvalue weighted by molar-refractivity contribution is 0.00316. The molecular formula is C17H30N2O4. The fourth-order valence-electron chi connectivity index (χ4n) is 2.26. The number of alkyl carbamates (subject to hydrolysis) is 1. The quantitative estimate of drug-likeness (QED) is 0.744. The highest BCUT2D eigenvalue weighted by Crippen LogP contribution is 2.20. The molecule has 1 N–H and O–H groups in total. The average molecular weight is 326 g/mol.